The molecule has 1 atom stereocenters. The second kappa shape index (κ2) is 13.6. The minimum atomic E-state index is -4.35. The van der Waals surface area contributed by atoms with E-state index in [-0.39, 0.29) is 29.5 Å². The normalized spacial score (nSPS) is 12.0. The maximum absolute atomic E-state index is 15.0. The Morgan fingerprint density at radius 3 is 2.23 bits per heavy atom. The maximum atomic E-state index is 15.0. The molecule has 0 spiro atoms. The minimum Gasteiger partial charge on any atom is -0.354 e. The summed E-state index contributed by atoms with van der Waals surface area (Å²) in [7, 11) is -4.35. The van der Waals surface area contributed by atoms with Crippen molar-refractivity contribution >= 4 is 39.1 Å². The van der Waals surface area contributed by atoms with E-state index < -0.39 is 34.3 Å². The van der Waals surface area contributed by atoms with Gasteiger partial charge in [-0.25, -0.2) is 12.8 Å². The average Bonchev–Trinajstić information content (AvgIpc) is 2.92. The van der Waals surface area contributed by atoms with Crippen LogP contribution in [0, 0.1) is 12.7 Å². The van der Waals surface area contributed by atoms with Crippen LogP contribution in [-0.2, 0) is 26.2 Å². The fraction of sp³-hybridized carbons (Fsp3) is 0.310. The fourth-order valence-corrected chi connectivity index (χ4v) is 5.72. The van der Waals surface area contributed by atoms with E-state index in [9.17, 15) is 22.4 Å². The number of benzene rings is 3. The van der Waals surface area contributed by atoms with E-state index in [1.807, 2.05) is 13.8 Å². The molecule has 0 aliphatic heterocycles. The third kappa shape index (κ3) is 7.36. The van der Waals surface area contributed by atoms with Crippen LogP contribution in [0.1, 0.15) is 37.8 Å². The van der Waals surface area contributed by atoms with Crippen LogP contribution in [0.25, 0.3) is 0 Å². The summed E-state index contributed by atoms with van der Waals surface area (Å²) in [6.45, 7) is 5.16. The Balaban J connectivity index is 2.07. The smallest absolute Gasteiger partial charge is 0.264 e. The number of halogens is 2. The molecule has 3 aromatic rings. The van der Waals surface area contributed by atoms with E-state index in [1.54, 1.807) is 43.3 Å². The zero-order valence-corrected chi connectivity index (χ0v) is 23.8. The molecule has 39 heavy (non-hydrogen) atoms. The molecule has 0 aliphatic rings. The lowest BCUT2D eigenvalue weighted by molar-refractivity contribution is -0.140. The van der Waals surface area contributed by atoms with Crippen molar-refractivity contribution in [3.05, 3.63) is 94.8 Å². The highest BCUT2D eigenvalue weighted by Gasteiger charge is 2.34. The molecular formula is C29H33ClFN3O4S. The number of carbonyl (C=O) groups is 2. The molecule has 0 saturated heterocycles. The third-order valence-corrected chi connectivity index (χ3v) is 8.39. The van der Waals surface area contributed by atoms with Crippen molar-refractivity contribution in [2.24, 2.45) is 0 Å². The number of sulfonamides is 1. The average molecular weight is 574 g/mol. The molecule has 0 unspecified atom stereocenters. The van der Waals surface area contributed by atoms with Gasteiger partial charge in [0.05, 0.1) is 10.6 Å². The third-order valence-electron chi connectivity index (χ3n) is 6.24. The van der Waals surface area contributed by atoms with Gasteiger partial charge in [0.2, 0.25) is 11.8 Å². The highest BCUT2D eigenvalue weighted by atomic mass is 35.5. The van der Waals surface area contributed by atoms with Crippen molar-refractivity contribution in [1.29, 1.82) is 0 Å². The first-order valence-corrected chi connectivity index (χ1v) is 14.6. The van der Waals surface area contributed by atoms with Gasteiger partial charge in [0, 0.05) is 18.1 Å². The Kier molecular flexibility index (Phi) is 10.5. The van der Waals surface area contributed by atoms with Crippen molar-refractivity contribution in [1.82, 2.24) is 10.2 Å². The summed E-state index contributed by atoms with van der Waals surface area (Å²) in [5, 5.41) is 3.22. The number of nitrogens with zero attached hydrogens (tertiary/aromatic N) is 2. The minimum absolute atomic E-state index is 0.0355. The number of para-hydroxylation sites is 1. The largest absolute Gasteiger partial charge is 0.354 e. The summed E-state index contributed by atoms with van der Waals surface area (Å²) in [6, 6.07) is 17.5. The fourth-order valence-electron chi connectivity index (χ4n) is 4.10. The van der Waals surface area contributed by atoms with E-state index in [2.05, 4.69) is 5.32 Å². The Hall–Kier alpha value is -3.43. The molecule has 0 bridgehead atoms. The van der Waals surface area contributed by atoms with Crippen molar-refractivity contribution in [2.45, 2.75) is 51.1 Å². The molecule has 1 N–H and O–H groups in total. The lowest BCUT2D eigenvalue weighted by atomic mass is 10.1. The predicted molar refractivity (Wildman–Crippen MR) is 151 cm³/mol. The van der Waals surface area contributed by atoms with Gasteiger partial charge in [0.15, 0.2) is 0 Å². The Labute approximate surface area is 234 Å². The summed E-state index contributed by atoms with van der Waals surface area (Å²) in [6.07, 6.45) is 0.979. The standard InChI is InChI=1S/C29H33ClFN3O4S/c1-4-18-32-29(36)26(5-2)33(19-22-10-6-7-11-24(22)30)28(35)20-34(27-13-9-8-12-25(27)31)39(37,38)23-16-14-21(3)15-17-23/h6-17,26H,4-5,18-20H2,1-3H3,(H,32,36)/t26-/m1/s1. The topological polar surface area (TPSA) is 86.8 Å². The van der Waals surface area contributed by atoms with Gasteiger partial charge in [-0.3, -0.25) is 13.9 Å². The van der Waals surface area contributed by atoms with Gasteiger partial charge in [-0.2, -0.15) is 0 Å². The van der Waals surface area contributed by atoms with Gasteiger partial charge in [-0.1, -0.05) is 73.5 Å². The number of hydrogen-bond donors (Lipinski definition) is 1. The van der Waals surface area contributed by atoms with Crippen LogP contribution >= 0.6 is 11.6 Å². The number of rotatable bonds is 12. The second-order valence-corrected chi connectivity index (χ2v) is 11.4. The summed E-state index contributed by atoms with van der Waals surface area (Å²) < 4.78 is 43.3. The van der Waals surface area contributed by atoms with Crippen molar-refractivity contribution in [3.8, 4) is 0 Å². The molecule has 0 aliphatic carbocycles. The monoisotopic (exact) mass is 573 g/mol. The highest BCUT2D eigenvalue weighted by molar-refractivity contribution is 7.92. The van der Waals surface area contributed by atoms with Crippen LogP contribution in [0.4, 0.5) is 10.1 Å². The van der Waals surface area contributed by atoms with Crippen LogP contribution in [0.15, 0.2) is 77.7 Å². The van der Waals surface area contributed by atoms with E-state index in [0.717, 1.165) is 15.9 Å². The molecule has 0 aromatic heterocycles. The first-order valence-electron chi connectivity index (χ1n) is 12.7. The zero-order valence-electron chi connectivity index (χ0n) is 22.2. The molecule has 0 radical (unpaired) electrons. The Morgan fingerprint density at radius 1 is 0.974 bits per heavy atom. The lowest BCUT2D eigenvalue weighted by Gasteiger charge is -2.33. The second-order valence-electron chi connectivity index (χ2n) is 9.10. The number of nitrogens with one attached hydrogen (secondary N) is 1. The van der Waals surface area contributed by atoms with Gasteiger partial charge < -0.3 is 10.2 Å². The van der Waals surface area contributed by atoms with E-state index in [0.29, 0.717) is 23.6 Å². The van der Waals surface area contributed by atoms with Crippen molar-refractivity contribution < 1.29 is 22.4 Å². The van der Waals surface area contributed by atoms with Crippen molar-refractivity contribution in [3.63, 3.8) is 0 Å². The Bertz CT molecular complexity index is 1400. The maximum Gasteiger partial charge on any atom is 0.264 e. The first-order chi connectivity index (χ1) is 18.6. The van der Waals surface area contributed by atoms with E-state index in [1.165, 1.54) is 35.2 Å². The van der Waals surface area contributed by atoms with Crippen LogP contribution in [0.3, 0.4) is 0 Å². The molecule has 208 valence electrons. The van der Waals surface area contributed by atoms with Crippen LogP contribution < -0.4 is 9.62 Å². The molecule has 3 aromatic carbocycles. The number of anilines is 1. The quantitative estimate of drug-likeness (QED) is 0.318. The molecule has 0 fully saturated rings. The number of aryl methyl sites for hydroxylation is 1. The first kappa shape index (κ1) is 30.1. The zero-order chi connectivity index (χ0) is 28.6. The SMILES string of the molecule is CCCNC(=O)[C@@H](CC)N(Cc1ccccc1Cl)C(=O)CN(c1ccccc1F)S(=O)(=O)c1ccc(C)cc1. The molecule has 7 nitrogen and oxygen atoms in total. The molecule has 3 rings (SSSR count). The summed E-state index contributed by atoms with van der Waals surface area (Å²) in [4.78, 5) is 28.2. The Morgan fingerprint density at radius 2 is 1.62 bits per heavy atom. The summed E-state index contributed by atoms with van der Waals surface area (Å²) in [5.41, 5.74) is 1.16. The van der Waals surface area contributed by atoms with E-state index >= 15 is 0 Å². The number of carbonyl (C=O) groups excluding carboxylic acids is 2. The molecular weight excluding hydrogens is 541 g/mol. The highest BCUT2D eigenvalue weighted by Crippen LogP contribution is 2.28. The van der Waals surface area contributed by atoms with Crippen molar-refractivity contribution in [2.75, 3.05) is 17.4 Å². The van der Waals surface area contributed by atoms with Gasteiger partial charge in [0.1, 0.15) is 18.4 Å². The summed E-state index contributed by atoms with van der Waals surface area (Å²) >= 11 is 6.38. The van der Waals surface area contributed by atoms with Gasteiger partial charge in [0.25, 0.3) is 10.0 Å². The van der Waals surface area contributed by atoms with Gasteiger partial charge in [-0.15, -0.1) is 0 Å². The van der Waals surface area contributed by atoms with E-state index in [4.69, 9.17) is 11.6 Å². The van der Waals surface area contributed by atoms with Gasteiger partial charge >= 0.3 is 0 Å². The lowest BCUT2D eigenvalue weighted by Crippen LogP contribution is -2.52. The van der Waals surface area contributed by atoms with Crippen LogP contribution in [-0.4, -0.2) is 44.3 Å². The van der Waals surface area contributed by atoms with Crippen LogP contribution in [0.2, 0.25) is 5.02 Å². The molecule has 0 heterocycles. The van der Waals surface area contributed by atoms with Gasteiger partial charge in [-0.05, 0) is 55.7 Å². The molecule has 0 saturated carbocycles. The molecule has 10 heteroatoms. The number of hydrogen-bond acceptors (Lipinski definition) is 4. The molecule has 2 amide bonds. The summed E-state index contributed by atoms with van der Waals surface area (Å²) in [5.74, 6) is -1.84. The number of amides is 2. The van der Waals surface area contributed by atoms with Crippen LogP contribution in [0.5, 0.6) is 0 Å². The predicted octanol–water partition coefficient (Wildman–Crippen LogP) is 5.32.